The second kappa shape index (κ2) is 7.04. The van der Waals surface area contributed by atoms with Crippen molar-refractivity contribution in [1.29, 1.82) is 0 Å². The second-order valence-corrected chi connectivity index (χ2v) is 4.92. The zero-order chi connectivity index (χ0) is 14.4. The minimum atomic E-state index is -0.652. The molecule has 0 bridgehead atoms. The quantitative estimate of drug-likeness (QED) is 0.775. The minimum absolute atomic E-state index is 0.0401. The van der Waals surface area contributed by atoms with Gasteiger partial charge < -0.3 is 10.4 Å². The van der Waals surface area contributed by atoms with E-state index < -0.39 is 6.10 Å². The van der Waals surface area contributed by atoms with Crippen LogP contribution in [0.25, 0.3) is 0 Å². The van der Waals surface area contributed by atoms with Gasteiger partial charge in [0.25, 0.3) is 0 Å². The molecule has 0 aromatic heterocycles. The number of benzene rings is 1. The highest BCUT2D eigenvalue weighted by atomic mass is 16.3. The lowest BCUT2D eigenvalue weighted by molar-refractivity contribution is -0.118. The van der Waals surface area contributed by atoms with Gasteiger partial charge in [-0.25, -0.2) is 0 Å². The fraction of sp³-hybridized carbons (Fsp3) is 0.467. The van der Waals surface area contributed by atoms with E-state index in [-0.39, 0.29) is 24.0 Å². The van der Waals surface area contributed by atoms with E-state index in [0.717, 1.165) is 0 Å². The van der Waals surface area contributed by atoms with Gasteiger partial charge >= 0.3 is 0 Å². The first-order chi connectivity index (χ1) is 8.93. The van der Waals surface area contributed by atoms with Crippen LogP contribution in [0.5, 0.6) is 0 Å². The highest BCUT2D eigenvalue weighted by Gasteiger charge is 2.14. The molecule has 0 fully saturated rings. The monoisotopic (exact) mass is 263 g/mol. The summed E-state index contributed by atoms with van der Waals surface area (Å²) in [6, 6.07) is 6.85. The Hall–Kier alpha value is -1.68. The molecule has 1 atom stereocenters. The molecule has 0 aliphatic rings. The molecule has 1 aromatic carbocycles. The Kier molecular flexibility index (Phi) is 5.70. The van der Waals surface area contributed by atoms with Crippen molar-refractivity contribution in [3.63, 3.8) is 0 Å². The standard InChI is InChI=1S/C15H21NO3/c1-4-13(17)11-6-5-7-12(8-11)16-15(19)9-14(18)10(2)3/h5-8,10,14,18H,4,9H2,1-3H3,(H,16,19). The van der Waals surface area contributed by atoms with E-state index >= 15 is 0 Å². The van der Waals surface area contributed by atoms with Gasteiger partial charge in [0, 0.05) is 17.7 Å². The van der Waals surface area contributed by atoms with Crippen LogP contribution in [0.4, 0.5) is 5.69 Å². The van der Waals surface area contributed by atoms with Gasteiger partial charge in [0.15, 0.2) is 5.78 Å². The largest absolute Gasteiger partial charge is 0.392 e. The Bertz CT molecular complexity index is 454. The van der Waals surface area contributed by atoms with Crippen LogP contribution < -0.4 is 5.32 Å². The van der Waals surface area contributed by atoms with E-state index in [1.165, 1.54) is 0 Å². The van der Waals surface area contributed by atoms with Crippen LogP contribution in [0.1, 0.15) is 44.0 Å². The third kappa shape index (κ3) is 4.83. The third-order valence-corrected chi connectivity index (χ3v) is 2.95. The molecule has 104 valence electrons. The predicted molar refractivity (Wildman–Crippen MR) is 75.2 cm³/mol. The van der Waals surface area contributed by atoms with Crippen LogP contribution in [0.15, 0.2) is 24.3 Å². The summed E-state index contributed by atoms with van der Waals surface area (Å²) in [6.45, 7) is 5.52. The van der Waals surface area contributed by atoms with Crippen molar-refractivity contribution in [2.45, 2.75) is 39.7 Å². The summed E-state index contributed by atoms with van der Waals surface area (Å²) in [6.07, 6.45) is -0.159. The molecule has 4 nitrogen and oxygen atoms in total. The summed E-state index contributed by atoms with van der Waals surface area (Å²) in [5.41, 5.74) is 1.17. The zero-order valence-corrected chi connectivity index (χ0v) is 11.6. The summed E-state index contributed by atoms with van der Waals surface area (Å²) >= 11 is 0. The van der Waals surface area contributed by atoms with Crippen molar-refractivity contribution in [3.8, 4) is 0 Å². The molecule has 2 N–H and O–H groups in total. The van der Waals surface area contributed by atoms with Crippen LogP contribution in [-0.2, 0) is 4.79 Å². The maximum atomic E-state index is 11.7. The highest BCUT2D eigenvalue weighted by Crippen LogP contribution is 2.14. The Balaban J connectivity index is 2.67. The molecule has 0 aliphatic carbocycles. The van der Waals surface area contributed by atoms with E-state index in [2.05, 4.69) is 5.32 Å². The van der Waals surface area contributed by atoms with Gasteiger partial charge in [0.1, 0.15) is 0 Å². The first kappa shape index (κ1) is 15.4. The number of ketones is 1. The van der Waals surface area contributed by atoms with E-state index in [1.54, 1.807) is 31.2 Å². The molecule has 0 heterocycles. The minimum Gasteiger partial charge on any atom is -0.392 e. The van der Waals surface area contributed by atoms with Crippen molar-refractivity contribution < 1.29 is 14.7 Å². The van der Waals surface area contributed by atoms with Gasteiger partial charge in [-0.1, -0.05) is 32.9 Å². The first-order valence-corrected chi connectivity index (χ1v) is 6.55. The van der Waals surface area contributed by atoms with Crippen molar-refractivity contribution in [1.82, 2.24) is 0 Å². The fourth-order valence-electron chi connectivity index (χ4n) is 1.61. The number of carbonyl (C=O) groups excluding carboxylic acids is 2. The molecule has 0 saturated carbocycles. The number of hydrogen-bond donors (Lipinski definition) is 2. The summed E-state index contributed by atoms with van der Waals surface area (Å²) < 4.78 is 0. The van der Waals surface area contributed by atoms with Crippen LogP contribution in [-0.4, -0.2) is 22.9 Å². The predicted octanol–water partition coefficient (Wildman–Crippen LogP) is 2.62. The van der Waals surface area contributed by atoms with Crippen molar-refractivity contribution in [3.05, 3.63) is 29.8 Å². The molecule has 0 aliphatic heterocycles. The van der Waals surface area contributed by atoms with E-state index in [9.17, 15) is 14.7 Å². The molecular weight excluding hydrogens is 242 g/mol. The number of nitrogens with one attached hydrogen (secondary N) is 1. The van der Waals surface area contributed by atoms with Gasteiger partial charge in [0.05, 0.1) is 12.5 Å². The number of hydrogen-bond acceptors (Lipinski definition) is 3. The first-order valence-electron chi connectivity index (χ1n) is 6.55. The van der Waals surface area contributed by atoms with Gasteiger partial charge in [-0.05, 0) is 18.1 Å². The van der Waals surface area contributed by atoms with Crippen molar-refractivity contribution in [2.75, 3.05) is 5.32 Å². The number of anilines is 1. The summed E-state index contributed by atoms with van der Waals surface area (Å²) in [4.78, 5) is 23.3. The van der Waals surface area contributed by atoms with Crippen LogP contribution in [0.2, 0.25) is 0 Å². The number of Topliss-reactive ketones (excluding diaryl/α,β-unsaturated/α-hetero) is 1. The van der Waals surface area contributed by atoms with Crippen molar-refractivity contribution >= 4 is 17.4 Å². The number of carbonyl (C=O) groups is 2. The SMILES string of the molecule is CCC(=O)c1cccc(NC(=O)CC(O)C(C)C)c1. The summed E-state index contributed by atoms with van der Waals surface area (Å²) in [5, 5.41) is 12.3. The molecule has 1 unspecified atom stereocenters. The highest BCUT2D eigenvalue weighted by molar-refractivity contribution is 5.98. The molecule has 0 saturated heterocycles. The molecule has 1 amide bonds. The van der Waals surface area contributed by atoms with Gasteiger partial charge in [-0.2, -0.15) is 0 Å². The van der Waals surface area contributed by atoms with E-state index in [4.69, 9.17) is 0 Å². The Morgan fingerprint density at radius 2 is 2.00 bits per heavy atom. The lowest BCUT2D eigenvalue weighted by Crippen LogP contribution is -2.23. The summed E-state index contributed by atoms with van der Waals surface area (Å²) in [5.74, 6) is -0.167. The number of rotatable bonds is 6. The van der Waals surface area contributed by atoms with Gasteiger partial charge in [-0.15, -0.1) is 0 Å². The average Bonchev–Trinajstić information content (AvgIpc) is 2.37. The Labute approximate surface area is 113 Å². The van der Waals surface area contributed by atoms with Gasteiger partial charge in [0.2, 0.25) is 5.91 Å². The number of aliphatic hydroxyl groups excluding tert-OH is 1. The normalized spacial score (nSPS) is 12.3. The van der Waals surface area contributed by atoms with Crippen LogP contribution in [0.3, 0.4) is 0 Å². The second-order valence-electron chi connectivity index (χ2n) is 4.92. The van der Waals surface area contributed by atoms with Crippen molar-refractivity contribution in [2.24, 2.45) is 5.92 Å². The molecule has 4 heteroatoms. The fourth-order valence-corrected chi connectivity index (χ4v) is 1.61. The number of aliphatic hydroxyl groups is 1. The lowest BCUT2D eigenvalue weighted by atomic mass is 10.0. The Morgan fingerprint density at radius 1 is 1.32 bits per heavy atom. The summed E-state index contributed by atoms with van der Waals surface area (Å²) in [7, 11) is 0. The molecule has 0 radical (unpaired) electrons. The van der Waals surface area contributed by atoms with Crippen LogP contribution in [0, 0.1) is 5.92 Å². The molecule has 1 aromatic rings. The van der Waals surface area contributed by atoms with E-state index in [0.29, 0.717) is 17.7 Å². The maximum absolute atomic E-state index is 11.7. The van der Waals surface area contributed by atoms with Crippen LogP contribution >= 0.6 is 0 Å². The zero-order valence-electron chi connectivity index (χ0n) is 11.6. The number of amides is 1. The molecule has 19 heavy (non-hydrogen) atoms. The van der Waals surface area contributed by atoms with Gasteiger partial charge in [-0.3, -0.25) is 9.59 Å². The smallest absolute Gasteiger partial charge is 0.226 e. The topological polar surface area (TPSA) is 66.4 Å². The molecular formula is C15H21NO3. The molecule has 0 spiro atoms. The van der Waals surface area contributed by atoms with E-state index in [1.807, 2.05) is 13.8 Å². The maximum Gasteiger partial charge on any atom is 0.226 e. The third-order valence-electron chi connectivity index (χ3n) is 2.95. The average molecular weight is 263 g/mol. The Morgan fingerprint density at radius 3 is 2.58 bits per heavy atom. The molecule has 1 rings (SSSR count). The lowest BCUT2D eigenvalue weighted by Gasteiger charge is -2.14.